The average molecular weight is 447 g/mol. The highest BCUT2D eigenvalue weighted by Crippen LogP contribution is 2.42. The SMILES string of the molecule is CC(C)N1NN(C(C)C)c2c(Nc3ccc(Cl)c(N)c3)nc(N3CCC[C@@H]3CO)nc21. The number of nitrogens with one attached hydrogen (secondary N) is 2. The van der Waals surface area contributed by atoms with Gasteiger partial charge in [0.2, 0.25) is 5.95 Å². The van der Waals surface area contributed by atoms with Gasteiger partial charge in [0.25, 0.3) is 0 Å². The summed E-state index contributed by atoms with van der Waals surface area (Å²) in [5.74, 6) is 2.09. The predicted molar refractivity (Wildman–Crippen MR) is 127 cm³/mol. The number of hydrogen-bond acceptors (Lipinski definition) is 9. The van der Waals surface area contributed by atoms with Crippen LogP contribution in [-0.2, 0) is 0 Å². The van der Waals surface area contributed by atoms with Gasteiger partial charge in [-0.05, 0) is 58.7 Å². The lowest BCUT2D eigenvalue weighted by Gasteiger charge is -2.27. The van der Waals surface area contributed by atoms with Crippen molar-refractivity contribution in [2.45, 2.75) is 58.7 Å². The molecular weight excluding hydrogens is 416 g/mol. The zero-order valence-corrected chi connectivity index (χ0v) is 19.2. The van der Waals surface area contributed by atoms with Crippen molar-refractivity contribution in [2.24, 2.45) is 0 Å². The number of aliphatic hydroxyl groups excluding tert-OH is 1. The van der Waals surface area contributed by atoms with E-state index in [1.165, 1.54) is 0 Å². The molecule has 3 heterocycles. The molecule has 31 heavy (non-hydrogen) atoms. The number of nitrogens with two attached hydrogens (primary N) is 1. The Hall–Kier alpha value is -2.49. The van der Waals surface area contributed by atoms with Crippen LogP contribution >= 0.6 is 11.6 Å². The van der Waals surface area contributed by atoms with E-state index < -0.39 is 0 Å². The summed E-state index contributed by atoms with van der Waals surface area (Å²) in [7, 11) is 0. The molecule has 0 spiro atoms. The zero-order chi connectivity index (χ0) is 22.3. The van der Waals surface area contributed by atoms with Crippen molar-refractivity contribution in [1.29, 1.82) is 0 Å². The second-order valence-corrected chi connectivity index (χ2v) is 9.01. The summed E-state index contributed by atoms with van der Waals surface area (Å²) in [6.45, 7) is 9.35. The third kappa shape index (κ3) is 4.05. The first-order valence-electron chi connectivity index (χ1n) is 10.8. The van der Waals surface area contributed by atoms with E-state index >= 15 is 0 Å². The van der Waals surface area contributed by atoms with Crippen LogP contribution in [0.25, 0.3) is 0 Å². The third-order valence-electron chi connectivity index (χ3n) is 5.67. The molecule has 9 nitrogen and oxygen atoms in total. The summed E-state index contributed by atoms with van der Waals surface area (Å²) < 4.78 is 0. The molecule has 2 aromatic rings. The summed E-state index contributed by atoms with van der Waals surface area (Å²) in [6.07, 6.45) is 1.93. The van der Waals surface area contributed by atoms with Crippen molar-refractivity contribution in [3.63, 3.8) is 0 Å². The van der Waals surface area contributed by atoms with E-state index in [4.69, 9.17) is 27.3 Å². The van der Waals surface area contributed by atoms with Crippen LogP contribution in [0.1, 0.15) is 40.5 Å². The van der Waals surface area contributed by atoms with E-state index in [9.17, 15) is 5.11 Å². The maximum atomic E-state index is 9.84. The zero-order valence-electron chi connectivity index (χ0n) is 18.4. The van der Waals surface area contributed by atoms with E-state index in [1.54, 1.807) is 12.1 Å². The molecule has 0 radical (unpaired) electrons. The Morgan fingerprint density at radius 2 is 1.97 bits per heavy atom. The molecule has 1 atom stereocenters. The third-order valence-corrected chi connectivity index (χ3v) is 6.02. The number of rotatable bonds is 6. The Bertz CT molecular complexity index is 953. The van der Waals surface area contributed by atoms with Crippen LogP contribution in [0.4, 0.5) is 34.6 Å². The first-order valence-corrected chi connectivity index (χ1v) is 11.1. The Balaban J connectivity index is 1.84. The number of aliphatic hydroxyl groups is 1. The number of hydrogen-bond donors (Lipinski definition) is 4. The molecule has 4 rings (SSSR count). The number of fused-ring (bicyclic) bond motifs is 1. The average Bonchev–Trinajstić information content (AvgIpc) is 3.35. The van der Waals surface area contributed by atoms with Crippen LogP contribution in [0.15, 0.2) is 18.2 Å². The molecule has 168 valence electrons. The lowest BCUT2D eigenvalue weighted by molar-refractivity contribution is 0.265. The fraction of sp³-hybridized carbons (Fsp3) is 0.524. The number of hydrazine groups is 2. The molecule has 1 aromatic heterocycles. The number of aromatic nitrogens is 2. The maximum absolute atomic E-state index is 9.84. The van der Waals surface area contributed by atoms with Crippen LogP contribution < -0.4 is 31.5 Å². The van der Waals surface area contributed by atoms with Gasteiger partial charge in [-0.15, -0.1) is 5.53 Å². The first-order chi connectivity index (χ1) is 14.8. The van der Waals surface area contributed by atoms with Crippen LogP contribution in [0, 0.1) is 0 Å². The topological polar surface area (TPSA) is 106 Å². The van der Waals surface area contributed by atoms with Crippen LogP contribution in [0.5, 0.6) is 0 Å². The van der Waals surface area contributed by atoms with Gasteiger partial charge in [0.15, 0.2) is 11.6 Å². The molecule has 0 saturated carbocycles. The number of halogens is 1. The van der Waals surface area contributed by atoms with E-state index in [0.29, 0.717) is 22.5 Å². The molecule has 0 amide bonds. The summed E-state index contributed by atoms with van der Waals surface area (Å²) in [6, 6.07) is 5.82. The highest BCUT2D eigenvalue weighted by Gasteiger charge is 2.36. The minimum Gasteiger partial charge on any atom is -0.397 e. The second-order valence-electron chi connectivity index (χ2n) is 8.61. The molecule has 5 N–H and O–H groups in total. The molecule has 0 bridgehead atoms. The van der Waals surface area contributed by atoms with Gasteiger partial charge < -0.3 is 21.1 Å². The van der Waals surface area contributed by atoms with Gasteiger partial charge in [-0.25, -0.2) is 0 Å². The molecular formula is C21H31ClN8O. The number of nitrogens with zero attached hydrogens (tertiary/aromatic N) is 5. The molecule has 2 aliphatic heterocycles. The van der Waals surface area contributed by atoms with Gasteiger partial charge in [-0.3, -0.25) is 10.0 Å². The Kier molecular flexibility index (Phi) is 6.00. The van der Waals surface area contributed by atoms with Crippen molar-refractivity contribution in [1.82, 2.24) is 15.5 Å². The molecule has 0 unspecified atom stereocenters. The van der Waals surface area contributed by atoms with Gasteiger partial charge in [0.1, 0.15) is 5.69 Å². The highest BCUT2D eigenvalue weighted by atomic mass is 35.5. The molecule has 2 aliphatic rings. The van der Waals surface area contributed by atoms with Crippen molar-refractivity contribution in [3.8, 4) is 0 Å². The van der Waals surface area contributed by atoms with Gasteiger partial charge in [0, 0.05) is 24.3 Å². The lowest BCUT2D eigenvalue weighted by atomic mass is 10.2. The van der Waals surface area contributed by atoms with Crippen LogP contribution in [0.3, 0.4) is 0 Å². The van der Waals surface area contributed by atoms with E-state index in [1.807, 2.05) is 11.1 Å². The lowest BCUT2D eigenvalue weighted by Crippen LogP contribution is -2.50. The van der Waals surface area contributed by atoms with E-state index in [-0.39, 0.29) is 24.7 Å². The first kappa shape index (κ1) is 21.7. The second kappa shape index (κ2) is 8.57. The Labute approximate surface area is 188 Å². The normalized spacial score (nSPS) is 18.5. The molecule has 10 heteroatoms. The fourth-order valence-electron chi connectivity index (χ4n) is 4.03. The Morgan fingerprint density at radius 3 is 2.61 bits per heavy atom. The van der Waals surface area contributed by atoms with Crippen molar-refractivity contribution in [2.75, 3.05) is 39.1 Å². The van der Waals surface area contributed by atoms with Crippen molar-refractivity contribution >= 4 is 46.2 Å². The van der Waals surface area contributed by atoms with Gasteiger partial charge in [-0.1, -0.05) is 11.6 Å². The van der Waals surface area contributed by atoms with Gasteiger partial charge >= 0.3 is 0 Å². The summed E-state index contributed by atoms with van der Waals surface area (Å²) in [4.78, 5) is 11.9. The fourth-order valence-corrected chi connectivity index (χ4v) is 4.15. The summed E-state index contributed by atoms with van der Waals surface area (Å²) in [5.41, 5.74) is 11.6. The molecule has 1 saturated heterocycles. The smallest absolute Gasteiger partial charge is 0.229 e. The van der Waals surface area contributed by atoms with Gasteiger partial charge in [-0.2, -0.15) is 9.97 Å². The van der Waals surface area contributed by atoms with Crippen LogP contribution in [-0.4, -0.2) is 46.4 Å². The molecule has 0 aliphatic carbocycles. The Morgan fingerprint density at radius 1 is 1.23 bits per heavy atom. The number of nitrogen functional groups attached to an aromatic ring is 1. The standard InChI is InChI=1S/C21H31ClN8O/c1-12(2)29-18-19(24-14-7-8-16(22)17(23)10-14)25-21(28-9-5-6-15(28)11-31)26-20(18)30(27-29)13(3)4/h7-8,10,12-13,15,27,31H,5-6,9,11,23H2,1-4H3,(H,24,25,26)/t15-/m1/s1. The van der Waals surface area contributed by atoms with E-state index in [0.717, 1.165) is 36.6 Å². The number of benzene rings is 1. The van der Waals surface area contributed by atoms with E-state index in [2.05, 4.69) is 48.5 Å². The summed E-state index contributed by atoms with van der Waals surface area (Å²) >= 11 is 6.11. The maximum Gasteiger partial charge on any atom is 0.229 e. The molecule has 1 aromatic carbocycles. The van der Waals surface area contributed by atoms with Gasteiger partial charge in [0.05, 0.1) is 23.4 Å². The minimum absolute atomic E-state index is 0.0279. The van der Waals surface area contributed by atoms with Crippen LogP contribution in [0.2, 0.25) is 5.02 Å². The number of anilines is 6. The quantitative estimate of drug-likeness (QED) is 0.497. The largest absolute Gasteiger partial charge is 0.397 e. The van der Waals surface area contributed by atoms with Crippen molar-refractivity contribution < 1.29 is 5.11 Å². The monoisotopic (exact) mass is 446 g/mol. The van der Waals surface area contributed by atoms with Crippen molar-refractivity contribution in [3.05, 3.63) is 23.2 Å². The predicted octanol–water partition coefficient (Wildman–Crippen LogP) is 3.28. The highest BCUT2D eigenvalue weighted by molar-refractivity contribution is 6.33. The minimum atomic E-state index is 0.0279. The summed E-state index contributed by atoms with van der Waals surface area (Å²) in [5, 5.41) is 17.9. The molecule has 1 fully saturated rings.